The molecule has 1 N–H and O–H groups in total. The van der Waals surface area contributed by atoms with Crippen LogP contribution in [-0.2, 0) is 16.9 Å². The third kappa shape index (κ3) is 5.10. The molecule has 5 rings (SSSR count). The Bertz CT molecular complexity index is 1850. The van der Waals surface area contributed by atoms with Crippen molar-refractivity contribution in [1.29, 1.82) is 0 Å². The van der Waals surface area contributed by atoms with Crippen LogP contribution < -0.4 is 15.1 Å². The van der Waals surface area contributed by atoms with Crippen molar-refractivity contribution in [3.8, 4) is 0 Å². The summed E-state index contributed by atoms with van der Waals surface area (Å²) in [7, 11) is 2.16. The average Bonchev–Trinajstić information content (AvgIpc) is 3.27. The van der Waals surface area contributed by atoms with Crippen LogP contribution in [0.15, 0.2) is 83.9 Å². The number of sulfone groups is 1. The van der Waals surface area contributed by atoms with Gasteiger partial charge < -0.3 is 14.4 Å². The molecule has 0 bridgehead atoms. The highest BCUT2D eigenvalue weighted by Gasteiger charge is 2.19. The number of nitrogens with one attached hydrogen (secondary N) is 1. The van der Waals surface area contributed by atoms with Crippen LogP contribution in [0.25, 0.3) is 11.0 Å². The summed E-state index contributed by atoms with van der Waals surface area (Å²) in [5, 5.41) is 2.94. The molecule has 2 heterocycles. The molecule has 0 spiro atoms. The van der Waals surface area contributed by atoms with Crippen molar-refractivity contribution in [3.63, 3.8) is 0 Å². The average molecular weight is 556 g/mol. The van der Waals surface area contributed by atoms with Crippen LogP contribution in [0.1, 0.15) is 15.9 Å². The molecule has 0 radical (unpaired) electrons. The van der Waals surface area contributed by atoms with Gasteiger partial charge in [-0.1, -0.05) is 30.3 Å². The first-order valence-electron chi connectivity index (χ1n) is 12.5. The number of carbonyl (C=O) groups is 1. The van der Waals surface area contributed by atoms with Crippen molar-refractivity contribution in [2.45, 2.75) is 11.8 Å². The van der Waals surface area contributed by atoms with Crippen LogP contribution in [0.2, 0.25) is 0 Å². The third-order valence-corrected chi connectivity index (χ3v) is 7.88. The molecule has 0 aliphatic heterocycles. The van der Waals surface area contributed by atoms with Gasteiger partial charge in [0.25, 0.3) is 5.91 Å². The molecule has 0 saturated carbocycles. The first-order valence-corrected chi connectivity index (χ1v) is 14.4. The maximum Gasteiger partial charge on any atom is 0.258 e. The predicted molar refractivity (Wildman–Crippen MR) is 158 cm³/mol. The molecule has 11 heteroatoms. The van der Waals surface area contributed by atoms with Gasteiger partial charge in [-0.05, 0) is 55.0 Å². The maximum absolute atomic E-state index is 13.0. The number of benzene rings is 3. The number of anilines is 5. The highest BCUT2D eigenvalue weighted by molar-refractivity contribution is 7.90. The van der Waals surface area contributed by atoms with E-state index in [0.29, 0.717) is 34.5 Å². The Morgan fingerprint density at radius 3 is 2.42 bits per heavy atom. The van der Waals surface area contributed by atoms with Crippen molar-refractivity contribution < 1.29 is 13.2 Å². The quantitative estimate of drug-likeness (QED) is 0.303. The number of aryl methyl sites for hydroxylation is 2. The third-order valence-electron chi connectivity index (χ3n) is 6.77. The molecule has 0 atom stereocenters. The van der Waals surface area contributed by atoms with Gasteiger partial charge in [0.1, 0.15) is 11.3 Å². The molecule has 0 saturated heterocycles. The Morgan fingerprint density at radius 1 is 0.925 bits per heavy atom. The lowest BCUT2D eigenvalue weighted by Gasteiger charge is -2.22. The Labute approximate surface area is 232 Å². The Hall–Kier alpha value is -4.77. The number of nitrogens with zero attached hydrogens (tertiary/aromatic N) is 6. The zero-order valence-electron chi connectivity index (χ0n) is 22.8. The van der Waals surface area contributed by atoms with Crippen molar-refractivity contribution in [3.05, 3.63) is 90.1 Å². The zero-order valence-corrected chi connectivity index (χ0v) is 23.6. The van der Waals surface area contributed by atoms with Gasteiger partial charge in [-0.15, -0.1) is 0 Å². The van der Waals surface area contributed by atoms with Gasteiger partial charge in [-0.2, -0.15) is 4.98 Å². The van der Waals surface area contributed by atoms with E-state index < -0.39 is 9.84 Å². The van der Waals surface area contributed by atoms with Crippen molar-refractivity contribution >= 4 is 55.9 Å². The normalized spacial score (nSPS) is 11.4. The summed E-state index contributed by atoms with van der Waals surface area (Å²) in [6.07, 6.45) is 2.83. The summed E-state index contributed by atoms with van der Waals surface area (Å²) < 4.78 is 25.9. The number of hydrogen-bond acceptors (Lipinski definition) is 8. The number of para-hydroxylation sites is 1. The van der Waals surface area contributed by atoms with Gasteiger partial charge in [0, 0.05) is 44.8 Å². The van der Waals surface area contributed by atoms with Crippen LogP contribution in [-0.4, -0.2) is 54.2 Å². The first kappa shape index (κ1) is 26.8. The van der Waals surface area contributed by atoms with Gasteiger partial charge >= 0.3 is 0 Å². The first-order chi connectivity index (χ1) is 19.0. The fourth-order valence-corrected chi connectivity index (χ4v) is 5.09. The number of hydrogen-bond donors (Lipinski definition) is 1. The number of fused-ring (bicyclic) bond motifs is 1. The molecule has 0 unspecified atom stereocenters. The van der Waals surface area contributed by atoms with E-state index in [0.717, 1.165) is 16.8 Å². The van der Waals surface area contributed by atoms with Gasteiger partial charge in [0.15, 0.2) is 9.84 Å². The Kier molecular flexibility index (Phi) is 6.99. The number of imidazole rings is 1. The van der Waals surface area contributed by atoms with Crippen molar-refractivity contribution in [2.75, 3.05) is 35.5 Å². The summed E-state index contributed by atoms with van der Waals surface area (Å²) in [5.41, 5.74) is 4.44. The van der Waals surface area contributed by atoms with E-state index in [1.807, 2.05) is 66.9 Å². The fraction of sp³-hybridized carbons (Fsp3) is 0.172. The summed E-state index contributed by atoms with van der Waals surface area (Å²) in [6.45, 7) is 1.90. The second-order valence-electron chi connectivity index (χ2n) is 9.51. The molecular weight excluding hydrogens is 526 g/mol. The molecular formula is C29H29N7O3S. The van der Waals surface area contributed by atoms with Crippen molar-refractivity contribution in [2.24, 2.45) is 7.05 Å². The molecule has 10 nitrogen and oxygen atoms in total. The molecule has 0 fully saturated rings. The molecule has 3 aromatic carbocycles. The lowest BCUT2D eigenvalue weighted by molar-refractivity contribution is 0.102. The van der Waals surface area contributed by atoms with E-state index in [1.54, 1.807) is 54.5 Å². The topological polar surface area (TPSA) is 113 Å². The monoisotopic (exact) mass is 555 g/mol. The van der Waals surface area contributed by atoms with Crippen LogP contribution in [0.5, 0.6) is 0 Å². The van der Waals surface area contributed by atoms with Crippen LogP contribution in [0.3, 0.4) is 0 Å². The van der Waals surface area contributed by atoms with Gasteiger partial charge in [0.05, 0.1) is 16.1 Å². The highest BCUT2D eigenvalue weighted by Crippen LogP contribution is 2.32. The summed E-state index contributed by atoms with van der Waals surface area (Å²) in [6, 6.07) is 21.6. The van der Waals surface area contributed by atoms with Gasteiger partial charge in [0.2, 0.25) is 11.9 Å². The zero-order chi connectivity index (χ0) is 28.6. The van der Waals surface area contributed by atoms with E-state index in [2.05, 4.69) is 10.3 Å². The molecule has 5 aromatic rings. The molecule has 2 aromatic heterocycles. The lowest BCUT2D eigenvalue weighted by atomic mass is 10.1. The molecule has 1 amide bonds. The second-order valence-corrected chi connectivity index (χ2v) is 11.5. The van der Waals surface area contributed by atoms with E-state index in [1.165, 1.54) is 6.26 Å². The van der Waals surface area contributed by atoms with E-state index in [-0.39, 0.29) is 10.8 Å². The SMILES string of the molecule is Cc1ccccc1C(=O)Nc1nc2c(N(C)c3ccnc(N(C)c4cccc(S(C)(=O)=O)c4)n3)cccc2n1C. The van der Waals surface area contributed by atoms with Gasteiger partial charge in [-0.3, -0.25) is 10.1 Å². The number of aromatic nitrogens is 4. The lowest BCUT2D eigenvalue weighted by Crippen LogP contribution is -2.17. The van der Waals surface area contributed by atoms with E-state index in [4.69, 9.17) is 9.97 Å². The van der Waals surface area contributed by atoms with Gasteiger partial charge in [-0.25, -0.2) is 18.4 Å². The molecule has 0 aliphatic rings. The fourth-order valence-electron chi connectivity index (χ4n) is 4.43. The van der Waals surface area contributed by atoms with E-state index >= 15 is 0 Å². The minimum Gasteiger partial charge on any atom is -0.327 e. The number of carbonyl (C=O) groups excluding carboxylic acids is 1. The standard InChI is InChI=1S/C29H29N7O3S/c1-19-10-6-7-13-22(19)27(37)33-29-32-26-23(14-9-15-24(26)36(29)4)35(3)25-16-17-30-28(31-25)34(2)20-11-8-12-21(18-20)40(5,38)39/h6-18H,1-5H3,(H,32,33,37). The summed E-state index contributed by atoms with van der Waals surface area (Å²) in [4.78, 5) is 30.7. The van der Waals surface area contributed by atoms with Crippen LogP contribution in [0, 0.1) is 6.92 Å². The molecule has 204 valence electrons. The highest BCUT2D eigenvalue weighted by atomic mass is 32.2. The van der Waals surface area contributed by atoms with E-state index in [9.17, 15) is 13.2 Å². The minimum absolute atomic E-state index is 0.220. The molecule has 40 heavy (non-hydrogen) atoms. The predicted octanol–water partition coefficient (Wildman–Crippen LogP) is 4.86. The minimum atomic E-state index is -3.36. The maximum atomic E-state index is 13.0. The van der Waals surface area contributed by atoms with Crippen LogP contribution in [0.4, 0.5) is 29.1 Å². The molecule has 0 aliphatic carbocycles. The summed E-state index contributed by atoms with van der Waals surface area (Å²) >= 11 is 0. The smallest absolute Gasteiger partial charge is 0.258 e. The van der Waals surface area contributed by atoms with Crippen molar-refractivity contribution in [1.82, 2.24) is 19.5 Å². The number of rotatable bonds is 7. The second kappa shape index (κ2) is 10.4. The van der Waals surface area contributed by atoms with Crippen LogP contribution >= 0.6 is 0 Å². The number of amides is 1. The Morgan fingerprint density at radius 2 is 1.68 bits per heavy atom. The Balaban J connectivity index is 1.47. The summed E-state index contributed by atoms with van der Waals surface area (Å²) in [5.74, 6) is 1.21. The largest absolute Gasteiger partial charge is 0.327 e.